The van der Waals surface area contributed by atoms with E-state index in [9.17, 15) is 32.3 Å². The van der Waals surface area contributed by atoms with E-state index < -0.39 is 46.9 Å². The molecule has 3 rings (SSSR count). The molecule has 40 heavy (non-hydrogen) atoms. The normalized spacial score (nSPS) is 16.2. The molecule has 0 aromatic heterocycles. The molecule has 1 aromatic carbocycles. The van der Waals surface area contributed by atoms with Crippen LogP contribution in [0, 0.1) is 0 Å². The topological polar surface area (TPSA) is 154 Å². The van der Waals surface area contributed by atoms with Crippen LogP contribution in [0.4, 0.5) is 18.0 Å². The van der Waals surface area contributed by atoms with Crippen LogP contribution in [0.15, 0.2) is 28.4 Å². The molecule has 2 heterocycles. The van der Waals surface area contributed by atoms with Crippen molar-refractivity contribution in [1.82, 2.24) is 10.4 Å². The predicted molar refractivity (Wildman–Crippen MR) is 127 cm³/mol. The summed E-state index contributed by atoms with van der Waals surface area (Å²) in [6.07, 6.45) is -5.65. The van der Waals surface area contributed by atoms with E-state index in [1.54, 1.807) is 20.8 Å². The van der Waals surface area contributed by atoms with Crippen molar-refractivity contribution < 1.29 is 56.1 Å². The Bertz CT molecular complexity index is 1130. The Labute approximate surface area is 226 Å². The highest BCUT2D eigenvalue weighted by Gasteiger charge is 2.65. The molecule has 0 radical (unpaired) electrons. The Morgan fingerprint density at radius 3 is 2.15 bits per heavy atom. The molecule has 0 aliphatic carbocycles. The Hall–Kier alpha value is -3.79. The number of ether oxygens (including phenoxy) is 4. The second kappa shape index (κ2) is 12.6. The first-order valence-corrected chi connectivity index (χ1v) is 12.2. The molecule has 2 aliphatic rings. The molecule has 1 aromatic rings. The maximum atomic E-state index is 13.5. The number of hydrogen-bond donors (Lipinski definition) is 1. The van der Waals surface area contributed by atoms with E-state index in [1.165, 1.54) is 0 Å². The molecule has 16 heteroatoms. The van der Waals surface area contributed by atoms with Crippen molar-refractivity contribution >= 4 is 23.9 Å². The Balaban J connectivity index is 1.49. The van der Waals surface area contributed by atoms with Crippen LogP contribution in [-0.2, 0) is 34.3 Å². The SMILES string of the molecule is CC(C)(C)OC(=O)NCCOCCOCCOc1cc(C2(C(F)(F)F)N=N2)ccc1C(=O)ON1C(=O)CCC1=O. The van der Waals surface area contributed by atoms with Crippen LogP contribution in [0.5, 0.6) is 5.75 Å². The molecular weight excluding hydrogens is 545 g/mol. The minimum Gasteiger partial charge on any atom is -0.490 e. The van der Waals surface area contributed by atoms with Crippen LogP contribution in [0.25, 0.3) is 0 Å². The first-order valence-electron chi connectivity index (χ1n) is 12.2. The quantitative estimate of drug-likeness (QED) is 0.277. The molecule has 1 fully saturated rings. The number of alkyl carbamates (subject to hydrolysis) is 1. The van der Waals surface area contributed by atoms with Gasteiger partial charge in [0.1, 0.15) is 23.5 Å². The van der Waals surface area contributed by atoms with Gasteiger partial charge in [0.2, 0.25) is 0 Å². The van der Waals surface area contributed by atoms with Crippen molar-refractivity contribution in [2.24, 2.45) is 10.2 Å². The number of hydroxylamine groups is 2. The number of hydrogen-bond acceptors (Lipinski definition) is 11. The van der Waals surface area contributed by atoms with Gasteiger partial charge in [0.05, 0.1) is 26.4 Å². The minimum absolute atomic E-state index is 0.0273. The molecule has 1 saturated heterocycles. The molecule has 0 saturated carbocycles. The van der Waals surface area contributed by atoms with Crippen molar-refractivity contribution in [2.45, 2.75) is 51.1 Å². The fourth-order valence-electron chi connectivity index (χ4n) is 3.33. The zero-order chi connectivity index (χ0) is 29.6. The number of carbonyl (C=O) groups excluding carboxylic acids is 4. The van der Waals surface area contributed by atoms with E-state index >= 15 is 0 Å². The summed E-state index contributed by atoms with van der Waals surface area (Å²) in [6.45, 7) is 5.75. The van der Waals surface area contributed by atoms with Crippen molar-refractivity contribution in [3.8, 4) is 5.75 Å². The third kappa shape index (κ3) is 8.11. The number of amides is 3. The van der Waals surface area contributed by atoms with Gasteiger partial charge in [-0.2, -0.15) is 13.2 Å². The standard InChI is InChI=1S/C24H29F3N4O9/c1-22(2,3)39-21(35)28-8-9-36-10-11-37-12-13-38-17-14-15(23(29-30-23)24(25,26)27)4-5-16(17)20(34)40-31-18(32)6-7-19(31)33/h4-5,14H,6-13H2,1-3H3,(H,28,35). The summed E-state index contributed by atoms with van der Waals surface area (Å²) in [6, 6.07) is 2.93. The van der Waals surface area contributed by atoms with E-state index in [4.69, 9.17) is 23.8 Å². The molecule has 2 aliphatic heterocycles. The molecule has 0 unspecified atom stereocenters. The minimum atomic E-state index is -4.81. The Kier molecular flexibility index (Phi) is 9.68. The first kappa shape index (κ1) is 30.7. The van der Waals surface area contributed by atoms with E-state index in [2.05, 4.69) is 15.5 Å². The molecule has 0 atom stereocenters. The summed E-state index contributed by atoms with van der Waals surface area (Å²) in [5.74, 6) is -2.93. The third-order valence-electron chi connectivity index (χ3n) is 5.25. The van der Waals surface area contributed by atoms with Crippen LogP contribution in [0.3, 0.4) is 0 Å². The van der Waals surface area contributed by atoms with Gasteiger partial charge in [-0.3, -0.25) is 9.59 Å². The summed E-state index contributed by atoms with van der Waals surface area (Å²) in [5, 5.41) is 9.11. The van der Waals surface area contributed by atoms with Gasteiger partial charge in [-0.05, 0) is 32.9 Å². The number of carbonyl (C=O) groups is 4. The van der Waals surface area contributed by atoms with Gasteiger partial charge in [-0.1, -0.05) is 6.07 Å². The van der Waals surface area contributed by atoms with Crippen LogP contribution < -0.4 is 10.1 Å². The van der Waals surface area contributed by atoms with E-state index in [1.807, 2.05) is 0 Å². The average molecular weight is 575 g/mol. The zero-order valence-electron chi connectivity index (χ0n) is 22.0. The first-order chi connectivity index (χ1) is 18.7. The lowest BCUT2D eigenvalue weighted by Gasteiger charge is -2.19. The summed E-state index contributed by atoms with van der Waals surface area (Å²) >= 11 is 0. The van der Waals surface area contributed by atoms with Crippen molar-refractivity contribution in [3.63, 3.8) is 0 Å². The summed E-state index contributed by atoms with van der Waals surface area (Å²) in [5.41, 5.74) is -4.10. The predicted octanol–water partition coefficient (Wildman–Crippen LogP) is 3.03. The van der Waals surface area contributed by atoms with E-state index in [-0.39, 0.29) is 63.7 Å². The maximum absolute atomic E-state index is 13.5. The number of halogens is 3. The fourth-order valence-corrected chi connectivity index (χ4v) is 3.33. The maximum Gasteiger partial charge on any atom is 0.442 e. The van der Waals surface area contributed by atoms with Crippen LogP contribution in [0.2, 0.25) is 0 Å². The van der Waals surface area contributed by atoms with Gasteiger partial charge in [0.25, 0.3) is 11.8 Å². The number of nitrogens with zero attached hydrogens (tertiary/aromatic N) is 3. The third-order valence-corrected chi connectivity index (χ3v) is 5.25. The smallest absolute Gasteiger partial charge is 0.442 e. The second-order valence-corrected chi connectivity index (χ2v) is 9.54. The molecule has 0 bridgehead atoms. The Morgan fingerprint density at radius 1 is 0.975 bits per heavy atom. The number of benzene rings is 1. The van der Waals surface area contributed by atoms with E-state index in [0.29, 0.717) is 5.06 Å². The van der Waals surface area contributed by atoms with Crippen molar-refractivity contribution in [2.75, 3.05) is 39.6 Å². The van der Waals surface area contributed by atoms with Crippen molar-refractivity contribution in [1.29, 1.82) is 0 Å². The molecule has 3 amide bonds. The van der Waals surface area contributed by atoms with Gasteiger partial charge in [0.15, 0.2) is 0 Å². The Morgan fingerprint density at radius 2 is 1.57 bits per heavy atom. The lowest BCUT2D eigenvalue weighted by Crippen LogP contribution is -2.34. The molecule has 1 N–H and O–H groups in total. The van der Waals surface area contributed by atoms with Crippen LogP contribution >= 0.6 is 0 Å². The van der Waals surface area contributed by atoms with Crippen molar-refractivity contribution in [3.05, 3.63) is 29.3 Å². The number of alkyl halides is 3. The lowest BCUT2D eigenvalue weighted by molar-refractivity contribution is -0.172. The van der Waals surface area contributed by atoms with Gasteiger partial charge < -0.3 is 29.1 Å². The lowest BCUT2D eigenvalue weighted by atomic mass is 10.0. The van der Waals surface area contributed by atoms with Crippen LogP contribution in [-0.4, -0.2) is 80.3 Å². The fraction of sp³-hybridized carbons (Fsp3) is 0.583. The highest BCUT2D eigenvalue weighted by molar-refractivity contribution is 6.03. The summed E-state index contributed by atoms with van der Waals surface area (Å²) < 4.78 is 61.7. The van der Waals surface area contributed by atoms with Gasteiger partial charge in [-0.15, -0.1) is 15.3 Å². The van der Waals surface area contributed by atoms with Gasteiger partial charge in [0, 0.05) is 24.9 Å². The van der Waals surface area contributed by atoms with Gasteiger partial charge in [-0.25, -0.2) is 9.59 Å². The molecule has 0 spiro atoms. The summed E-state index contributed by atoms with van der Waals surface area (Å²) in [4.78, 5) is 52.6. The highest BCUT2D eigenvalue weighted by atomic mass is 19.4. The summed E-state index contributed by atoms with van der Waals surface area (Å²) in [7, 11) is 0. The average Bonchev–Trinajstić information content (AvgIpc) is 3.62. The molecule has 13 nitrogen and oxygen atoms in total. The highest BCUT2D eigenvalue weighted by Crippen LogP contribution is 2.53. The monoisotopic (exact) mass is 574 g/mol. The largest absolute Gasteiger partial charge is 0.490 e. The van der Waals surface area contributed by atoms with Gasteiger partial charge >= 0.3 is 23.9 Å². The molecule has 220 valence electrons. The number of nitrogens with one attached hydrogen (secondary N) is 1. The zero-order valence-corrected chi connectivity index (χ0v) is 22.0. The molecular formula is C24H29F3N4O9. The van der Waals surface area contributed by atoms with Crippen LogP contribution in [0.1, 0.15) is 49.5 Å². The second-order valence-electron chi connectivity index (χ2n) is 9.54. The number of imide groups is 1. The number of rotatable bonds is 13. The van der Waals surface area contributed by atoms with E-state index in [0.717, 1.165) is 18.2 Å².